The second kappa shape index (κ2) is 5.51. The van der Waals surface area contributed by atoms with E-state index < -0.39 is 0 Å². The SMILES string of the molecule is OCCC=Cc1ccc(CO)cc1. The van der Waals surface area contributed by atoms with Crippen LogP contribution in [0.15, 0.2) is 30.3 Å². The molecule has 0 aliphatic carbocycles. The third-order valence-electron chi connectivity index (χ3n) is 1.77. The normalized spacial score (nSPS) is 10.9. The van der Waals surface area contributed by atoms with Gasteiger partial charge >= 0.3 is 0 Å². The summed E-state index contributed by atoms with van der Waals surface area (Å²) in [4.78, 5) is 0. The number of hydrogen-bond acceptors (Lipinski definition) is 2. The van der Waals surface area contributed by atoms with E-state index in [1.807, 2.05) is 36.4 Å². The minimum absolute atomic E-state index is 0.0840. The largest absolute Gasteiger partial charge is 0.396 e. The second-order valence-corrected chi connectivity index (χ2v) is 2.81. The van der Waals surface area contributed by atoms with Crippen LogP contribution < -0.4 is 0 Å². The summed E-state index contributed by atoms with van der Waals surface area (Å²) in [7, 11) is 0. The summed E-state index contributed by atoms with van der Waals surface area (Å²) in [6.07, 6.45) is 4.56. The summed E-state index contributed by atoms with van der Waals surface area (Å²) in [5.41, 5.74) is 2.00. The van der Waals surface area contributed by atoms with E-state index in [0.29, 0.717) is 6.42 Å². The molecule has 13 heavy (non-hydrogen) atoms. The van der Waals surface area contributed by atoms with E-state index in [1.165, 1.54) is 0 Å². The Morgan fingerprint density at radius 1 is 1.08 bits per heavy atom. The predicted octanol–water partition coefficient (Wildman–Crippen LogP) is 1.57. The average molecular weight is 178 g/mol. The van der Waals surface area contributed by atoms with E-state index in [9.17, 15) is 0 Å². The van der Waals surface area contributed by atoms with Gasteiger partial charge in [-0.15, -0.1) is 0 Å². The molecular weight excluding hydrogens is 164 g/mol. The molecule has 0 saturated carbocycles. The van der Waals surface area contributed by atoms with Crippen LogP contribution in [0.4, 0.5) is 0 Å². The molecule has 2 nitrogen and oxygen atoms in total. The van der Waals surface area contributed by atoms with Crippen molar-refractivity contribution in [3.05, 3.63) is 41.5 Å². The molecule has 0 heterocycles. The Morgan fingerprint density at radius 3 is 2.31 bits per heavy atom. The number of aliphatic hydroxyl groups is 2. The van der Waals surface area contributed by atoms with Crippen molar-refractivity contribution in [1.29, 1.82) is 0 Å². The first kappa shape index (κ1) is 9.96. The van der Waals surface area contributed by atoms with Crippen molar-refractivity contribution in [3.63, 3.8) is 0 Å². The van der Waals surface area contributed by atoms with Gasteiger partial charge in [0.05, 0.1) is 6.61 Å². The molecule has 0 unspecified atom stereocenters. The van der Waals surface area contributed by atoms with E-state index in [-0.39, 0.29) is 13.2 Å². The monoisotopic (exact) mass is 178 g/mol. The van der Waals surface area contributed by atoms with Crippen LogP contribution in [0.3, 0.4) is 0 Å². The van der Waals surface area contributed by atoms with Crippen molar-refractivity contribution in [2.24, 2.45) is 0 Å². The summed E-state index contributed by atoms with van der Waals surface area (Å²) >= 11 is 0. The van der Waals surface area contributed by atoms with Crippen LogP contribution in [-0.2, 0) is 6.61 Å². The summed E-state index contributed by atoms with van der Waals surface area (Å²) in [6.45, 7) is 0.270. The molecule has 0 aliphatic heterocycles. The van der Waals surface area contributed by atoms with Gasteiger partial charge in [0, 0.05) is 6.61 Å². The van der Waals surface area contributed by atoms with Gasteiger partial charge in [-0.25, -0.2) is 0 Å². The highest BCUT2D eigenvalue weighted by Gasteiger charge is 1.88. The van der Waals surface area contributed by atoms with E-state index in [4.69, 9.17) is 10.2 Å². The van der Waals surface area contributed by atoms with E-state index in [2.05, 4.69) is 0 Å². The fourth-order valence-electron chi connectivity index (χ4n) is 1.03. The first-order chi connectivity index (χ1) is 6.36. The Bertz CT molecular complexity index is 262. The van der Waals surface area contributed by atoms with Gasteiger partial charge in [0.25, 0.3) is 0 Å². The van der Waals surface area contributed by atoms with Crippen LogP contribution in [0, 0.1) is 0 Å². The molecule has 0 aliphatic rings. The van der Waals surface area contributed by atoms with Crippen LogP contribution >= 0.6 is 0 Å². The summed E-state index contributed by atoms with van der Waals surface area (Å²) in [5, 5.41) is 17.3. The molecule has 2 N–H and O–H groups in total. The minimum atomic E-state index is 0.0840. The Hall–Kier alpha value is -1.12. The summed E-state index contributed by atoms with van der Waals surface area (Å²) in [5.74, 6) is 0. The Morgan fingerprint density at radius 2 is 1.77 bits per heavy atom. The Labute approximate surface area is 78.2 Å². The number of hydrogen-bond donors (Lipinski definition) is 2. The van der Waals surface area contributed by atoms with E-state index in [1.54, 1.807) is 0 Å². The smallest absolute Gasteiger partial charge is 0.0681 e. The van der Waals surface area contributed by atoms with Crippen molar-refractivity contribution in [2.45, 2.75) is 13.0 Å². The molecule has 0 saturated heterocycles. The molecule has 0 aromatic heterocycles. The van der Waals surface area contributed by atoms with Gasteiger partial charge in [-0.2, -0.15) is 0 Å². The van der Waals surface area contributed by atoms with Gasteiger partial charge in [0.2, 0.25) is 0 Å². The maximum atomic E-state index is 8.79. The number of rotatable bonds is 4. The van der Waals surface area contributed by atoms with Crippen LogP contribution in [0.2, 0.25) is 0 Å². The Balaban J connectivity index is 2.58. The van der Waals surface area contributed by atoms with Crippen molar-refractivity contribution in [3.8, 4) is 0 Å². The lowest BCUT2D eigenvalue weighted by atomic mass is 10.1. The molecule has 1 rings (SSSR count). The molecule has 1 aromatic rings. The number of aliphatic hydroxyl groups excluding tert-OH is 2. The topological polar surface area (TPSA) is 40.5 Å². The molecule has 0 fully saturated rings. The van der Waals surface area contributed by atoms with Gasteiger partial charge in [0.1, 0.15) is 0 Å². The quantitative estimate of drug-likeness (QED) is 0.734. The molecule has 0 bridgehead atoms. The predicted molar refractivity (Wildman–Crippen MR) is 53.1 cm³/mol. The molecular formula is C11H14O2. The zero-order valence-electron chi connectivity index (χ0n) is 7.48. The standard InChI is InChI=1S/C11H14O2/c12-8-2-1-3-10-4-6-11(9-13)7-5-10/h1,3-7,12-13H,2,8-9H2. The molecule has 2 heteroatoms. The minimum Gasteiger partial charge on any atom is -0.396 e. The molecule has 0 amide bonds. The molecule has 0 spiro atoms. The number of benzene rings is 1. The van der Waals surface area contributed by atoms with Crippen LogP contribution in [-0.4, -0.2) is 16.8 Å². The molecule has 0 radical (unpaired) electrons. The zero-order chi connectivity index (χ0) is 9.52. The van der Waals surface area contributed by atoms with Gasteiger partial charge in [-0.1, -0.05) is 36.4 Å². The first-order valence-corrected chi connectivity index (χ1v) is 4.34. The van der Waals surface area contributed by atoms with Crippen molar-refractivity contribution in [1.82, 2.24) is 0 Å². The lowest BCUT2D eigenvalue weighted by Gasteiger charge is -1.96. The molecule has 1 aromatic carbocycles. The van der Waals surface area contributed by atoms with Crippen LogP contribution in [0.5, 0.6) is 0 Å². The maximum absolute atomic E-state index is 8.79. The van der Waals surface area contributed by atoms with Gasteiger partial charge in [-0.05, 0) is 17.5 Å². The van der Waals surface area contributed by atoms with Crippen molar-refractivity contribution >= 4 is 6.08 Å². The van der Waals surface area contributed by atoms with Gasteiger partial charge < -0.3 is 10.2 Å². The Kier molecular flexibility index (Phi) is 4.23. The highest BCUT2D eigenvalue weighted by Crippen LogP contribution is 2.06. The third-order valence-corrected chi connectivity index (χ3v) is 1.77. The van der Waals surface area contributed by atoms with Crippen LogP contribution in [0.1, 0.15) is 17.5 Å². The fraction of sp³-hybridized carbons (Fsp3) is 0.273. The summed E-state index contributed by atoms with van der Waals surface area (Å²) < 4.78 is 0. The van der Waals surface area contributed by atoms with E-state index >= 15 is 0 Å². The van der Waals surface area contributed by atoms with Gasteiger partial charge in [0.15, 0.2) is 0 Å². The fourth-order valence-corrected chi connectivity index (χ4v) is 1.03. The van der Waals surface area contributed by atoms with Gasteiger partial charge in [-0.3, -0.25) is 0 Å². The lowest BCUT2D eigenvalue weighted by Crippen LogP contribution is -1.82. The maximum Gasteiger partial charge on any atom is 0.0681 e. The molecule has 0 atom stereocenters. The first-order valence-electron chi connectivity index (χ1n) is 4.34. The van der Waals surface area contributed by atoms with Crippen LogP contribution in [0.25, 0.3) is 6.08 Å². The highest BCUT2D eigenvalue weighted by molar-refractivity contribution is 5.49. The lowest BCUT2D eigenvalue weighted by molar-refractivity contribution is 0.282. The van der Waals surface area contributed by atoms with Crippen molar-refractivity contribution in [2.75, 3.05) is 6.61 Å². The average Bonchev–Trinajstić information content (AvgIpc) is 2.19. The van der Waals surface area contributed by atoms with E-state index in [0.717, 1.165) is 11.1 Å². The molecule has 70 valence electrons. The zero-order valence-corrected chi connectivity index (χ0v) is 7.48. The highest BCUT2D eigenvalue weighted by atomic mass is 16.3. The summed E-state index contributed by atoms with van der Waals surface area (Å²) in [6, 6.07) is 7.66. The van der Waals surface area contributed by atoms with Crippen molar-refractivity contribution < 1.29 is 10.2 Å². The third kappa shape index (κ3) is 3.40. The second-order valence-electron chi connectivity index (χ2n) is 2.81.